The maximum Gasteiger partial charge on any atom is 0.203 e. The molecule has 0 aromatic heterocycles. The van der Waals surface area contributed by atoms with Gasteiger partial charge in [0.25, 0.3) is 0 Å². The molecule has 0 fully saturated rings. The molecule has 25 heavy (non-hydrogen) atoms. The van der Waals surface area contributed by atoms with Gasteiger partial charge < -0.3 is 5.73 Å². The monoisotopic (exact) mass is 360 g/mol. The van der Waals surface area contributed by atoms with Crippen molar-refractivity contribution in [3.63, 3.8) is 0 Å². The highest BCUT2D eigenvalue weighted by atomic mass is 32.2. The molecule has 8 heteroatoms. The second-order valence-corrected chi connectivity index (χ2v) is 7.54. The van der Waals surface area contributed by atoms with Crippen molar-refractivity contribution in [2.45, 2.75) is 11.4 Å². The average Bonchev–Trinajstić information content (AvgIpc) is 2.58. The number of nitrogens with one attached hydrogen (secondary N) is 2. The fraction of sp³-hybridized carbons (Fsp3) is 0.176. The van der Waals surface area contributed by atoms with Crippen molar-refractivity contribution in [2.75, 3.05) is 13.3 Å². The Morgan fingerprint density at radius 3 is 2.32 bits per heavy atom. The van der Waals surface area contributed by atoms with E-state index in [9.17, 15) is 13.2 Å². The van der Waals surface area contributed by atoms with Gasteiger partial charge in [-0.3, -0.25) is 15.2 Å². The lowest BCUT2D eigenvalue weighted by atomic mass is 10.0. The van der Waals surface area contributed by atoms with Gasteiger partial charge in [-0.1, -0.05) is 36.4 Å². The zero-order valence-electron chi connectivity index (χ0n) is 14.0. The number of carbonyl (C=O) groups is 1. The number of nitrogens with zero attached hydrogens (tertiary/aromatic N) is 1. The predicted octanol–water partition coefficient (Wildman–Crippen LogP) is 1.15. The Morgan fingerprint density at radius 2 is 1.80 bits per heavy atom. The van der Waals surface area contributed by atoms with Crippen LogP contribution in [0.4, 0.5) is 0 Å². The molecule has 0 amide bonds. The van der Waals surface area contributed by atoms with Gasteiger partial charge in [0.2, 0.25) is 5.96 Å². The molecule has 0 spiro atoms. The molecule has 0 saturated carbocycles. The van der Waals surface area contributed by atoms with Crippen molar-refractivity contribution < 1.29 is 13.2 Å². The van der Waals surface area contributed by atoms with E-state index < -0.39 is 9.84 Å². The summed E-state index contributed by atoms with van der Waals surface area (Å²) in [4.78, 5) is 12.7. The van der Waals surface area contributed by atoms with Crippen LogP contribution in [-0.2, 0) is 16.4 Å². The first-order chi connectivity index (χ1) is 11.7. The fourth-order valence-electron chi connectivity index (χ4n) is 2.26. The Hall–Kier alpha value is -2.71. The number of hydrazine groups is 1. The highest BCUT2D eigenvalue weighted by molar-refractivity contribution is 7.90. The van der Waals surface area contributed by atoms with E-state index in [0.717, 1.165) is 11.8 Å². The van der Waals surface area contributed by atoms with Crippen molar-refractivity contribution in [1.82, 2.24) is 10.4 Å². The Morgan fingerprint density at radius 1 is 1.16 bits per heavy atom. The van der Waals surface area contributed by atoms with Crippen molar-refractivity contribution in [2.24, 2.45) is 5.73 Å². The zero-order chi connectivity index (χ0) is 18.6. The molecule has 0 aliphatic rings. The molecule has 0 saturated heterocycles. The molecule has 0 aliphatic heterocycles. The Balaban J connectivity index is 2.22. The minimum atomic E-state index is -3.37. The molecular formula is C17H20N4O3S. The summed E-state index contributed by atoms with van der Waals surface area (Å²) in [5.74, 6) is -0.366. The third-order valence-electron chi connectivity index (χ3n) is 3.64. The van der Waals surface area contributed by atoms with E-state index in [4.69, 9.17) is 11.1 Å². The van der Waals surface area contributed by atoms with E-state index in [1.165, 1.54) is 17.1 Å². The van der Waals surface area contributed by atoms with Gasteiger partial charge in [-0.15, -0.1) is 0 Å². The van der Waals surface area contributed by atoms with Gasteiger partial charge >= 0.3 is 0 Å². The van der Waals surface area contributed by atoms with Crippen LogP contribution in [-0.4, -0.2) is 38.5 Å². The number of ketones is 1. The van der Waals surface area contributed by atoms with Crippen LogP contribution >= 0.6 is 0 Å². The van der Waals surface area contributed by atoms with E-state index in [2.05, 4.69) is 5.43 Å². The number of benzene rings is 2. The summed E-state index contributed by atoms with van der Waals surface area (Å²) >= 11 is 0. The molecule has 0 aliphatic carbocycles. The number of carbonyl (C=O) groups excluding carboxylic acids is 1. The van der Waals surface area contributed by atoms with Gasteiger partial charge in [-0.25, -0.2) is 13.8 Å². The molecule has 0 heterocycles. The summed E-state index contributed by atoms with van der Waals surface area (Å²) in [6.45, 7) is 0.379. The molecule has 0 bridgehead atoms. The number of nitrogens with two attached hydrogens (primary N) is 1. The van der Waals surface area contributed by atoms with Gasteiger partial charge in [-0.2, -0.15) is 0 Å². The molecule has 2 aromatic rings. The van der Waals surface area contributed by atoms with Crippen LogP contribution in [0, 0.1) is 5.41 Å². The number of guanidine groups is 1. The van der Waals surface area contributed by atoms with E-state index in [1.54, 1.807) is 43.4 Å². The van der Waals surface area contributed by atoms with Crippen LogP contribution in [0.15, 0.2) is 53.4 Å². The lowest BCUT2D eigenvalue weighted by Gasteiger charge is -2.21. The van der Waals surface area contributed by atoms with Crippen molar-refractivity contribution in [3.8, 4) is 0 Å². The molecule has 0 atom stereocenters. The molecule has 2 aromatic carbocycles. The molecule has 0 unspecified atom stereocenters. The SMILES string of the molecule is CNN(Cc1ccc(C(=O)c2cccc(S(C)(=O)=O)c2)cc1)C(=N)N. The van der Waals surface area contributed by atoms with Crippen molar-refractivity contribution in [3.05, 3.63) is 65.2 Å². The van der Waals surface area contributed by atoms with Crippen LogP contribution in [0.2, 0.25) is 0 Å². The van der Waals surface area contributed by atoms with Gasteiger partial charge in [0.15, 0.2) is 15.6 Å². The second kappa shape index (κ2) is 7.45. The average molecular weight is 360 g/mol. The lowest BCUT2D eigenvalue weighted by molar-refractivity contribution is 0.103. The van der Waals surface area contributed by atoms with Gasteiger partial charge in [-0.05, 0) is 17.7 Å². The summed E-state index contributed by atoms with van der Waals surface area (Å²) in [6, 6.07) is 12.8. The number of sulfone groups is 1. The Bertz CT molecular complexity index is 892. The third kappa shape index (κ3) is 4.65. The van der Waals surface area contributed by atoms with E-state index in [1.807, 2.05) is 0 Å². The zero-order valence-corrected chi connectivity index (χ0v) is 14.8. The van der Waals surface area contributed by atoms with Crippen LogP contribution in [0.1, 0.15) is 21.5 Å². The summed E-state index contributed by atoms with van der Waals surface area (Å²) in [5, 5.41) is 8.88. The lowest BCUT2D eigenvalue weighted by Crippen LogP contribution is -2.43. The van der Waals surface area contributed by atoms with Crippen LogP contribution in [0.5, 0.6) is 0 Å². The fourth-order valence-corrected chi connectivity index (χ4v) is 2.93. The molecule has 4 N–H and O–H groups in total. The van der Waals surface area contributed by atoms with Crippen LogP contribution < -0.4 is 11.2 Å². The quantitative estimate of drug-likeness (QED) is 0.308. The first kappa shape index (κ1) is 18.6. The van der Waals surface area contributed by atoms with Crippen LogP contribution in [0.25, 0.3) is 0 Å². The molecule has 0 radical (unpaired) electrons. The third-order valence-corrected chi connectivity index (χ3v) is 4.75. The summed E-state index contributed by atoms with van der Waals surface area (Å²) < 4.78 is 23.3. The summed E-state index contributed by atoms with van der Waals surface area (Å²) in [7, 11) is -1.71. The number of hydrogen-bond acceptors (Lipinski definition) is 5. The second-order valence-electron chi connectivity index (χ2n) is 5.52. The molecular weight excluding hydrogens is 340 g/mol. The standard InChI is InChI=1S/C17H20N4O3S/c1-20-21(17(18)19)11-12-6-8-13(9-7-12)16(22)14-4-3-5-15(10-14)25(2,23)24/h3-10,20H,11H2,1-2H3,(H3,18,19). The number of hydrogen-bond donors (Lipinski definition) is 3. The normalized spacial score (nSPS) is 11.1. The maximum absolute atomic E-state index is 12.6. The highest BCUT2D eigenvalue weighted by Gasteiger charge is 2.14. The van der Waals surface area contributed by atoms with Gasteiger partial charge in [0, 0.05) is 24.4 Å². The van der Waals surface area contributed by atoms with Gasteiger partial charge in [0.05, 0.1) is 11.4 Å². The van der Waals surface area contributed by atoms with E-state index in [-0.39, 0.29) is 16.6 Å². The molecule has 2 rings (SSSR count). The van der Waals surface area contributed by atoms with Gasteiger partial charge in [0.1, 0.15) is 0 Å². The Kier molecular flexibility index (Phi) is 5.55. The summed E-state index contributed by atoms with van der Waals surface area (Å²) in [5.41, 5.74) is 9.87. The van der Waals surface area contributed by atoms with Crippen LogP contribution in [0.3, 0.4) is 0 Å². The topological polar surface area (TPSA) is 116 Å². The van der Waals surface area contributed by atoms with Crippen molar-refractivity contribution in [1.29, 1.82) is 5.41 Å². The first-order valence-corrected chi connectivity index (χ1v) is 9.34. The van der Waals surface area contributed by atoms with E-state index >= 15 is 0 Å². The van der Waals surface area contributed by atoms with Crippen molar-refractivity contribution >= 4 is 21.6 Å². The molecule has 132 valence electrons. The minimum Gasteiger partial charge on any atom is -0.369 e. The van der Waals surface area contributed by atoms with E-state index in [0.29, 0.717) is 17.7 Å². The maximum atomic E-state index is 12.6. The minimum absolute atomic E-state index is 0.111. The Labute approximate surface area is 146 Å². The first-order valence-electron chi connectivity index (χ1n) is 7.45. The smallest absolute Gasteiger partial charge is 0.203 e. The summed E-state index contributed by atoms with van der Waals surface area (Å²) in [6.07, 6.45) is 1.11. The largest absolute Gasteiger partial charge is 0.369 e. The highest BCUT2D eigenvalue weighted by Crippen LogP contribution is 2.16. The molecule has 7 nitrogen and oxygen atoms in total. The number of rotatable bonds is 6. The predicted molar refractivity (Wildman–Crippen MR) is 95.9 cm³/mol.